The van der Waals surface area contributed by atoms with Gasteiger partial charge in [0.05, 0.1) is 18.1 Å². The van der Waals surface area contributed by atoms with Gasteiger partial charge in [-0.15, -0.1) is 0 Å². The Hall–Kier alpha value is -1.99. The summed E-state index contributed by atoms with van der Waals surface area (Å²) >= 11 is 0. The summed E-state index contributed by atoms with van der Waals surface area (Å²) in [7, 11) is 0. The van der Waals surface area contributed by atoms with Crippen LogP contribution in [0.3, 0.4) is 0 Å². The summed E-state index contributed by atoms with van der Waals surface area (Å²) < 4.78 is 5.38. The number of morpholine rings is 1. The Balaban J connectivity index is 1.72. The summed E-state index contributed by atoms with van der Waals surface area (Å²) in [6.45, 7) is 6.72. The average Bonchev–Trinajstić information content (AvgIpc) is 3.03. The molecule has 0 N–H and O–H groups in total. The Morgan fingerprint density at radius 2 is 2.08 bits per heavy atom. The molecule has 1 atom stereocenters. The number of likely N-dealkylation sites (tertiary alicyclic amines) is 1. The number of nitro groups is 1. The number of non-ortho nitro benzene ring substituents is 1. The minimum atomic E-state index is -0.432. The van der Waals surface area contributed by atoms with Crippen LogP contribution in [-0.4, -0.2) is 66.1 Å². The van der Waals surface area contributed by atoms with Crippen molar-refractivity contribution in [1.82, 2.24) is 9.80 Å². The van der Waals surface area contributed by atoms with Crippen molar-refractivity contribution in [3.8, 4) is 0 Å². The molecule has 3 rings (SSSR count). The topological polar surface area (TPSA) is 75.9 Å². The van der Waals surface area contributed by atoms with Crippen LogP contribution in [0, 0.1) is 17.0 Å². The lowest BCUT2D eigenvalue weighted by molar-refractivity contribution is -0.384. The summed E-state index contributed by atoms with van der Waals surface area (Å²) in [5, 5.41) is 10.9. The number of nitrogens with zero attached hydrogens (tertiary/aromatic N) is 3. The second-order valence-electron chi connectivity index (χ2n) is 6.46. The van der Waals surface area contributed by atoms with Crippen molar-refractivity contribution >= 4 is 11.6 Å². The zero-order valence-electron chi connectivity index (χ0n) is 13.9. The van der Waals surface area contributed by atoms with Crippen LogP contribution in [0.5, 0.6) is 0 Å². The van der Waals surface area contributed by atoms with Gasteiger partial charge in [0.25, 0.3) is 11.6 Å². The van der Waals surface area contributed by atoms with Crippen LogP contribution in [0.15, 0.2) is 18.2 Å². The average molecular weight is 333 g/mol. The lowest BCUT2D eigenvalue weighted by atomic mass is 10.1. The first kappa shape index (κ1) is 16.9. The molecule has 7 heteroatoms. The maximum absolute atomic E-state index is 12.9. The summed E-state index contributed by atoms with van der Waals surface area (Å²) in [4.78, 5) is 27.6. The van der Waals surface area contributed by atoms with E-state index in [0.717, 1.165) is 52.2 Å². The monoisotopic (exact) mass is 333 g/mol. The largest absolute Gasteiger partial charge is 0.379 e. The summed E-state index contributed by atoms with van der Waals surface area (Å²) in [6.07, 6.45) is 2.02. The number of carbonyl (C=O) groups is 1. The second kappa shape index (κ2) is 7.27. The molecule has 0 spiro atoms. The van der Waals surface area contributed by atoms with Crippen molar-refractivity contribution in [2.45, 2.75) is 25.8 Å². The Bertz CT molecular complexity index is 628. The van der Waals surface area contributed by atoms with Gasteiger partial charge in [-0.3, -0.25) is 19.8 Å². The Labute approximate surface area is 141 Å². The molecule has 24 heavy (non-hydrogen) atoms. The fraction of sp³-hybridized carbons (Fsp3) is 0.588. The van der Waals surface area contributed by atoms with Gasteiger partial charge in [0.1, 0.15) is 0 Å². The van der Waals surface area contributed by atoms with Gasteiger partial charge < -0.3 is 9.64 Å². The van der Waals surface area contributed by atoms with Crippen molar-refractivity contribution in [3.63, 3.8) is 0 Å². The molecule has 2 heterocycles. The van der Waals surface area contributed by atoms with Crippen molar-refractivity contribution in [3.05, 3.63) is 39.4 Å². The van der Waals surface area contributed by atoms with E-state index in [0.29, 0.717) is 11.1 Å². The van der Waals surface area contributed by atoms with E-state index in [9.17, 15) is 14.9 Å². The number of benzene rings is 1. The number of rotatable bonds is 4. The van der Waals surface area contributed by atoms with E-state index in [2.05, 4.69) is 4.90 Å². The summed E-state index contributed by atoms with van der Waals surface area (Å²) in [6, 6.07) is 4.68. The molecular formula is C17H23N3O4. The predicted octanol–water partition coefficient (Wildman–Crippen LogP) is 1.84. The van der Waals surface area contributed by atoms with Crippen LogP contribution < -0.4 is 0 Å². The molecule has 0 aromatic heterocycles. The SMILES string of the molecule is Cc1cc([N+](=O)[O-])ccc1C(=O)N1CCC[C@@H]1CN1CCOCC1. The van der Waals surface area contributed by atoms with E-state index in [4.69, 9.17) is 4.74 Å². The van der Waals surface area contributed by atoms with Gasteiger partial charge >= 0.3 is 0 Å². The minimum Gasteiger partial charge on any atom is -0.379 e. The maximum atomic E-state index is 12.9. The molecule has 0 radical (unpaired) electrons. The van der Waals surface area contributed by atoms with Crippen molar-refractivity contribution in [2.24, 2.45) is 0 Å². The van der Waals surface area contributed by atoms with Crippen molar-refractivity contribution in [2.75, 3.05) is 39.4 Å². The van der Waals surface area contributed by atoms with E-state index in [1.165, 1.54) is 12.1 Å². The maximum Gasteiger partial charge on any atom is 0.269 e. The number of amides is 1. The molecule has 1 aromatic rings. The standard InChI is InChI=1S/C17H23N3O4/c1-13-11-14(20(22)23)4-5-16(13)17(21)19-6-2-3-15(19)12-18-7-9-24-10-8-18/h4-5,11,15H,2-3,6-10,12H2,1H3/t15-/m1/s1. The molecule has 2 fully saturated rings. The van der Waals surface area contributed by atoms with Gasteiger partial charge in [0.15, 0.2) is 0 Å². The second-order valence-corrected chi connectivity index (χ2v) is 6.46. The number of hydrogen-bond acceptors (Lipinski definition) is 5. The summed E-state index contributed by atoms with van der Waals surface area (Å²) in [5.41, 5.74) is 1.25. The van der Waals surface area contributed by atoms with E-state index in [1.807, 2.05) is 4.90 Å². The number of aryl methyl sites for hydroxylation is 1. The summed E-state index contributed by atoms with van der Waals surface area (Å²) in [5.74, 6) is -0.0156. The van der Waals surface area contributed by atoms with E-state index in [-0.39, 0.29) is 17.6 Å². The number of nitro benzene ring substituents is 1. The van der Waals surface area contributed by atoms with Crippen LogP contribution >= 0.6 is 0 Å². The normalized spacial score (nSPS) is 21.9. The smallest absolute Gasteiger partial charge is 0.269 e. The third kappa shape index (κ3) is 3.57. The zero-order chi connectivity index (χ0) is 17.1. The number of carbonyl (C=O) groups excluding carboxylic acids is 1. The highest BCUT2D eigenvalue weighted by molar-refractivity contribution is 5.96. The molecule has 1 amide bonds. The third-order valence-electron chi connectivity index (χ3n) is 4.86. The van der Waals surface area contributed by atoms with Crippen LogP contribution in [0.4, 0.5) is 5.69 Å². The van der Waals surface area contributed by atoms with Gasteiger partial charge in [-0.1, -0.05) is 0 Å². The molecule has 2 aliphatic rings. The number of hydrogen-bond donors (Lipinski definition) is 0. The van der Waals surface area contributed by atoms with Gasteiger partial charge in [-0.25, -0.2) is 0 Å². The van der Waals surface area contributed by atoms with Crippen LogP contribution in [-0.2, 0) is 4.74 Å². The fourth-order valence-corrected chi connectivity index (χ4v) is 3.53. The molecule has 2 saturated heterocycles. The highest BCUT2D eigenvalue weighted by atomic mass is 16.6. The van der Waals surface area contributed by atoms with Gasteiger partial charge in [-0.05, 0) is 31.4 Å². The lowest BCUT2D eigenvalue weighted by Crippen LogP contribution is -2.46. The lowest BCUT2D eigenvalue weighted by Gasteiger charge is -2.33. The van der Waals surface area contributed by atoms with Gasteiger partial charge in [0, 0.05) is 49.9 Å². The molecule has 1 aromatic carbocycles. The molecular weight excluding hydrogens is 310 g/mol. The van der Waals surface area contributed by atoms with E-state index < -0.39 is 4.92 Å². The zero-order valence-corrected chi connectivity index (χ0v) is 13.9. The van der Waals surface area contributed by atoms with Crippen LogP contribution in [0.2, 0.25) is 0 Å². The predicted molar refractivity (Wildman–Crippen MR) is 89.2 cm³/mol. The quantitative estimate of drug-likeness (QED) is 0.621. The highest BCUT2D eigenvalue weighted by Crippen LogP contribution is 2.24. The molecule has 0 bridgehead atoms. The van der Waals surface area contributed by atoms with Gasteiger partial charge in [0.2, 0.25) is 0 Å². The first-order valence-electron chi connectivity index (χ1n) is 8.42. The highest BCUT2D eigenvalue weighted by Gasteiger charge is 2.32. The Morgan fingerprint density at radius 3 is 2.75 bits per heavy atom. The first-order valence-corrected chi connectivity index (χ1v) is 8.42. The fourth-order valence-electron chi connectivity index (χ4n) is 3.53. The third-order valence-corrected chi connectivity index (χ3v) is 4.86. The molecule has 0 aliphatic carbocycles. The van der Waals surface area contributed by atoms with Crippen molar-refractivity contribution in [1.29, 1.82) is 0 Å². The number of ether oxygens (including phenoxy) is 1. The van der Waals surface area contributed by atoms with Crippen LogP contribution in [0.25, 0.3) is 0 Å². The van der Waals surface area contributed by atoms with E-state index >= 15 is 0 Å². The first-order chi connectivity index (χ1) is 11.6. The molecule has 0 unspecified atom stereocenters. The molecule has 0 saturated carbocycles. The van der Waals surface area contributed by atoms with E-state index in [1.54, 1.807) is 13.0 Å². The minimum absolute atomic E-state index is 0.0156. The molecule has 2 aliphatic heterocycles. The van der Waals surface area contributed by atoms with Crippen LogP contribution in [0.1, 0.15) is 28.8 Å². The Morgan fingerprint density at radius 1 is 1.33 bits per heavy atom. The molecule has 7 nitrogen and oxygen atoms in total. The van der Waals surface area contributed by atoms with Crippen molar-refractivity contribution < 1.29 is 14.5 Å². The van der Waals surface area contributed by atoms with Gasteiger partial charge in [-0.2, -0.15) is 0 Å². The Kier molecular flexibility index (Phi) is 5.11. The molecule has 130 valence electrons.